The van der Waals surface area contributed by atoms with E-state index >= 15 is 0 Å². The molecule has 0 bridgehead atoms. The minimum absolute atomic E-state index is 0. The van der Waals surface area contributed by atoms with Gasteiger partial charge >= 0.3 is 0 Å². The Kier molecular flexibility index (Phi) is 9.95. The number of likely N-dealkylation sites (tertiary alicyclic amines) is 1. The van der Waals surface area contributed by atoms with Crippen LogP contribution in [0.2, 0.25) is 0 Å². The number of carbonyl (C=O) groups is 2. The second-order valence-electron chi connectivity index (χ2n) is 5.49. The maximum Gasteiger partial charge on any atom is 0.236 e. The van der Waals surface area contributed by atoms with Crippen LogP contribution in [0.5, 0.6) is 0 Å². The summed E-state index contributed by atoms with van der Waals surface area (Å²) in [5.74, 6) is -0.0916. The fourth-order valence-corrected chi connectivity index (χ4v) is 2.50. The Hall–Kier alpha value is -0.600. The standard InChI is InChI=1S/C13H24N4O3.2ClH/c1-10(14)13(19)15-11-8-12(18)17(9-11)3-2-16-4-6-20-7-5-16;;/h10-11H,2-9,14H2,1H3,(H,15,19);2*1H/t10-,11?;;/m1../s1. The number of hydrogen-bond donors (Lipinski definition) is 2. The number of ether oxygens (including phenoxy) is 1. The fourth-order valence-electron chi connectivity index (χ4n) is 2.50. The lowest BCUT2D eigenvalue weighted by atomic mass is 10.2. The van der Waals surface area contributed by atoms with Crippen molar-refractivity contribution in [2.75, 3.05) is 45.9 Å². The van der Waals surface area contributed by atoms with Crippen LogP contribution in [-0.4, -0.2) is 79.6 Å². The van der Waals surface area contributed by atoms with Gasteiger partial charge in [-0.05, 0) is 6.92 Å². The molecule has 2 amide bonds. The maximum absolute atomic E-state index is 11.9. The van der Waals surface area contributed by atoms with Crippen molar-refractivity contribution in [2.45, 2.75) is 25.4 Å². The van der Waals surface area contributed by atoms with Gasteiger partial charge in [0.1, 0.15) is 0 Å². The van der Waals surface area contributed by atoms with Crippen molar-refractivity contribution in [1.82, 2.24) is 15.1 Å². The number of rotatable bonds is 5. The zero-order valence-corrected chi connectivity index (χ0v) is 14.5. The number of carbonyl (C=O) groups excluding carboxylic acids is 2. The summed E-state index contributed by atoms with van der Waals surface area (Å²) in [6.07, 6.45) is 0.377. The Labute approximate surface area is 143 Å². The van der Waals surface area contributed by atoms with Crippen LogP contribution in [0, 0.1) is 0 Å². The van der Waals surface area contributed by atoms with Gasteiger partial charge in [0.15, 0.2) is 0 Å². The Morgan fingerprint density at radius 2 is 2.00 bits per heavy atom. The van der Waals surface area contributed by atoms with Crippen molar-refractivity contribution in [1.29, 1.82) is 0 Å². The highest BCUT2D eigenvalue weighted by Gasteiger charge is 2.31. The number of nitrogens with one attached hydrogen (secondary N) is 1. The lowest BCUT2D eigenvalue weighted by Gasteiger charge is -2.28. The molecule has 22 heavy (non-hydrogen) atoms. The van der Waals surface area contributed by atoms with Crippen LogP contribution in [0.1, 0.15) is 13.3 Å². The van der Waals surface area contributed by atoms with E-state index in [1.807, 2.05) is 4.90 Å². The first kappa shape index (κ1) is 21.4. The molecule has 0 radical (unpaired) electrons. The van der Waals surface area contributed by atoms with Crippen molar-refractivity contribution >= 4 is 36.6 Å². The van der Waals surface area contributed by atoms with E-state index in [0.29, 0.717) is 19.5 Å². The second kappa shape index (κ2) is 10.2. The van der Waals surface area contributed by atoms with E-state index in [0.717, 1.165) is 32.8 Å². The van der Waals surface area contributed by atoms with Gasteiger partial charge in [0.05, 0.1) is 25.3 Å². The quantitative estimate of drug-likeness (QED) is 0.675. The third-order valence-corrected chi connectivity index (χ3v) is 3.76. The molecule has 9 heteroatoms. The summed E-state index contributed by atoms with van der Waals surface area (Å²) in [4.78, 5) is 27.6. The van der Waals surface area contributed by atoms with Crippen molar-refractivity contribution in [3.05, 3.63) is 0 Å². The van der Waals surface area contributed by atoms with Gasteiger partial charge in [0, 0.05) is 39.1 Å². The van der Waals surface area contributed by atoms with Gasteiger partial charge in [-0.3, -0.25) is 14.5 Å². The first-order valence-electron chi connectivity index (χ1n) is 7.20. The van der Waals surface area contributed by atoms with Crippen LogP contribution >= 0.6 is 24.8 Å². The zero-order valence-electron chi connectivity index (χ0n) is 12.8. The first-order chi connectivity index (χ1) is 9.56. The van der Waals surface area contributed by atoms with Crippen LogP contribution < -0.4 is 11.1 Å². The lowest BCUT2D eigenvalue weighted by molar-refractivity contribution is -0.128. The SMILES string of the molecule is C[C@@H](N)C(=O)NC1CC(=O)N(CCN2CCOCC2)C1.Cl.Cl. The van der Waals surface area contributed by atoms with Crippen LogP contribution in [0.25, 0.3) is 0 Å². The van der Waals surface area contributed by atoms with E-state index in [-0.39, 0.29) is 42.7 Å². The monoisotopic (exact) mass is 356 g/mol. The largest absolute Gasteiger partial charge is 0.379 e. The molecule has 1 unspecified atom stereocenters. The maximum atomic E-state index is 11.9. The van der Waals surface area contributed by atoms with E-state index in [2.05, 4.69) is 10.2 Å². The highest BCUT2D eigenvalue weighted by Crippen LogP contribution is 2.11. The summed E-state index contributed by atoms with van der Waals surface area (Å²) in [7, 11) is 0. The van der Waals surface area contributed by atoms with Crippen LogP contribution in [0.3, 0.4) is 0 Å². The smallest absolute Gasteiger partial charge is 0.236 e. The summed E-state index contributed by atoms with van der Waals surface area (Å²) in [6.45, 7) is 7.18. The van der Waals surface area contributed by atoms with E-state index in [4.69, 9.17) is 10.5 Å². The van der Waals surface area contributed by atoms with Crippen molar-refractivity contribution in [3.8, 4) is 0 Å². The van der Waals surface area contributed by atoms with Crippen LogP contribution in [0.15, 0.2) is 0 Å². The predicted molar refractivity (Wildman–Crippen MR) is 88.5 cm³/mol. The van der Waals surface area contributed by atoms with Gasteiger partial charge in [0.25, 0.3) is 0 Å². The Morgan fingerprint density at radius 3 is 2.59 bits per heavy atom. The molecule has 0 aromatic carbocycles. The molecule has 0 aromatic heterocycles. The van der Waals surface area contributed by atoms with E-state index in [1.54, 1.807) is 6.92 Å². The van der Waals surface area contributed by atoms with Crippen molar-refractivity contribution in [2.24, 2.45) is 5.73 Å². The second-order valence-corrected chi connectivity index (χ2v) is 5.49. The minimum Gasteiger partial charge on any atom is -0.379 e. The van der Waals surface area contributed by atoms with Crippen LogP contribution in [0.4, 0.5) is 0 Å². The van der Waals surface area contributed by atoms with E-state index < -0.39 is 6.04 Å². The molecule has 2 atom stereocenters. The van der Waals surface area contributed by atoms with E-state index in [9.17, 15) is 9.59 Å². The van der Waals surface area contributed by atoms with E-state index in [1.165, 1.54) is 0 Å². The molecule has 130 valence electrons. The number of nitrogens with zero attached hydrogens (tertiary/aromatic N) is 2. The summed E-state index contributed by atoms with van der Waals surface area (Å²) in [5.41, 5.74) is 5.51. The minimum atomic E-state index is -0.535. The Balaban J connectivity index is 0.00000220. The number of nitrogens with two attached hydrogens (primary N) is 1. The molecular weight excluding hydrogens is 331 g/mol. The molecule has 2 aliphatic heterocycles. The highest BCUT2D eigenvalue weighted by molar-refractivity contribution is 5.86. The summed E-state index contributed by atoms with van der Waals surface area (Å²) < 4.78 is 5.29. The van der Waals surface area contributed by atoms with Gasteiger partial charge in [-0.2, -0.15) is 0 Å². The van der Waals surface area contributed by atoms with Gasteiger partial charge in [-0.1, -0.05) is 0 Å². The van der Waals surface area contributed by atoms with Crippen molar-refractivity contribution < 1.29 is 14.3 Å². The van der Waals surface area contributed by atoms with Gasteiger partial charge in [0.2, 0.25) is 11.8 Å². The molecule has 2 aliphatic rings. The highest BCUT2D eigenvalue weighted by atomic mass is 35.5. The number of morpholine rings is 1. The number of halogens is 2. The van der Waals surface area contributed by atoms with Gasteiger partial charge in [-0.15, -0.1) is 24.8 Å². The summed E-state index contributed by atoms with van der Waals surface area (Å²) >= 11 is 0. The predicted octanol–water partition coefficient (Wildman–Crippen LogP) is -0.773. The number of amides is 2. The number of hydrogen-bond acceptors (Lipinski definition) is 5. The first-order valence-corrected chi connectivity index (χ1v) is 7.20. The molecule has 0 aromatic rings. The normalized spacial score (nSPS) is 23.5. The topological polar surface area (TPSA) is 87.9 Å². The molecular formula is C13H26Cl2N4O3. The molecule has 3 N–H and O–H groups in total. The Bertz CT molecular complexity index is 365. The molecule has 2 saturated heterocycles. The molecule has 2 rings (SSSR count). The average molecular weight is 357 g/mol. The third kappa shape index (κ3) is 6.26. The molecule has 7 nitrogen and oxygen atoms in total. The molecule has 0 aliphatic carbocycles. The molecule has 0 saturated carbocycles. The molecule has 0 spiro atoms. The average Bonchev–Trinajstić information content (AvgIpc) is 2.77. The zero-order chi connectivity index (χ0) is 14.5. The lowest BCUT2D eigenvalue weighted by Crippen LogP contribution is -2.45. The van der Waals surface area contributed by atoms with Gasteiger partial charge < -0.3 is 20.7 Å². The molecule has 2 fully saturated rings. The summed E-state index contributed by atoms with van der Waals surface area (Å²) in [6, 6.07) is -0.641. The third-order valence-electron chi connectivity index (χ3n) is 3.76. The Morgan fingerprint density at radius 1 is 1.36 bits per heavy atom. The summed E-state index contributed by atoms with van der Waals surface area (Å²) in [5, 5.41) is 2.82. The molecule has 2 heterocycles. The fraction of sp³-hybridized carbons (Fsp3) is 0.846. The van der Waals surface area contributed by atoms with Crippen molar-refractivity contribution in [3.63, 3.8) is 0 Å². The van der Waals surface area contributed by atoms with Crippen LogP contribution in [-0.2, 0) is 14.3 Å². The van der Waals surface area contributed by atoms with Gasteiger partial charge in [-0.25, -0.2) is 0 Å².